The van der Waals surface area contributed by atoms with Crippen LogP contribution in [0.1, 0.15) is 24.8 Å². The van der Waals surface area contributed by atoms with E-state index in [4.69, 9.17) is 18.9 Å². The predicted molar refractivity (Wildman–Crippen MR) is 103 cm³/mol. The molecule has 1 fully saturated rings. The largest absolute Gasteiger partial charge is 0.490 e. The molecule has 1 aromatic rings. The van der Waals surface area contributed by atoms with Crippen molar-refractivity contribution in [3.8, 4) is 11.5 Å². The number of benzene rings is 1. The summed E-state index contributed by atoms with van der Waals surface area (Å²) in [6.45, 7) is 1.77. The number of esters is 2. The fraction of sp³-hybridized carbons (Fsp3) is 0.476. The molecule has 0 aliphatic carbocycles. The van der Waals surface area contributed by atoms with Crippen LogP contribution in [0, 0.1) is 5.92 Å². The predicted octanol–water partition coefficient (Wildman–Crippen LogP) is 1.82. The number of hydrogen-bond acceptors (Lipinski definition) is 7. The van der Waals surface area contributed by atoms with Crippen molar-refractivity contribution in [2.75, 3.05) is 40.0 Å². The minimum Gasteiger partial charge on any atom is -0.490 e. The van der Waals surface area contributed by atoms with E-state index in [0.29, 0.717) is 50.6 Å². The quantitative estimate of drug-likeness (QED) is 0.547. The van der Waals surface area contributed by atoms with Gasteiger partial charge in [0.1, 0.15) is 0 Å². The van der Waals surface area contributed by atoms with E-state index in [-0.39, 0.29) is 24.4 Å². The number of amides is 1. The molecule has 2 heterocycles. The molecular formula is C21H25NO7. The summed E-state index contributed by atoms with van der Waals surface area (Å²) in [6, 6.07) is 5.40. The van der Waals surface area contributed by atoms with Crippen LogP contribution < -0.4 is 9.47 Å². The van der Waals surface area contributed by atoms with Crippen LogP contribution in [0.3, 0.4) is 0 Å². The Hall–Kier alpha value is -3.03. The molecule has 0 saturated carbocycles. The van der Waals surface area contributed by atoms with E-state index in [9.17, 15) is 14.4 Å². The van der Waals surface area contributed by atoms with Crippen molar-refractivity contribution in [3.05, 3.63) is 29.8 Å². The zero-order valence-corrected chi connectivity index (χ0v) is 16.4. The van der Waals surface area contributed by atoms with Crippen LogP contribution in [0.4, 0.5) is 0 Å². The molecule has 0 N–H and O–H groups in total. The summed E-state index contributed by atoms with van der Waals surface area (Å²) in [5, 5.41) is 0. The summed E-state index contributed by atoms with van der Waals surface area (Å²) < 4.78 is 21.0. The molecule has 29 heavy (non-hydrogen) atoms. The SMILES string of the molecule is COC(=O)C1CCN(C(=O)COC(=O)/C=C/c2ccc3c(c2)OCCCO3)CC1. The lowest BCUT2D eigenvalue weighted by Crippen LogP contribution is -2.42. The Morgan fingerprint density at radius 3 is 2.59 bits per heavy atom. The van der Waals surface area contributed by atoms with Crippen molar-refractivity contribution in [1.29, 1.82) is 0 Å². The molecule has 8 heteroatoms. The normalized spacial score (nSPS) is 16.9. The van der Waals surface area contributed by atoms with Crippen LogP contribution in [0.2, 0.25) is 0 Å². The smallest absolute Gasteiger partial charge is 0.331 e. The number of rotatable bonds is 5. The van der Waals surface area contributed by atoms with Gasteiger partial charge in [-0.1, -0.05) is 6.07 Å². The Balaban J connectivity index is 1.44. The Bertz CT molecular complexity index is 781. The Morgan fingerprint density at radius 1 is 1.14 bits per heavy atom. The molecule has 2 aliphatic rings. The summed E-state index contributed by atoms with van der Waals surface area (Å²) in [6.07, 6.45) is 4.80. The average Bonchev–Trinajstić information content (AvgIpc) is 3.00. The first kappa shape index (κ1) is 20.7. The lowest BCUT2D eigenvalue weighted by molar-refractivity contribution is -0.151. The van der Waals surface area contributed by atoms with Gasteiger partial charge < -0.3 is 23.8 Å². The number of fused-ring (bicyclic) bond motifs is 1. The number of piperidine rings is 1. The number of nitrogens with zero attached hydrogens (tertiary/aromatic N) is 1. The molecule has 8 nitrogen and oxygen atoms in total. The van der Waals surface area contributed by atoms with Crippen molar-refractivity contribution in [2.45, 2.75) is 19.3 Å². The molecule has 0 bridgehead atoms. The molecule has 0 unspecified atom stereocenters. The highest BCUT2D eigenvalue weighted by atomic mass is 16.5. The summed E-state index contributed by atoms with van der Waals surface area (Å²) in [5.41, 5.74) is 0.766. The molecule has 2 aliphatic heterocycles. The zero-order valence-electron chi connectivity index (χ0n) is 16.4. The van der Waals surface area contributed by atoms with Crippen molar-refractivity contribution in [1.82, 2.24) is 4.90 Å². The van der Waals surface area contributed by atoms with Crippen molar-refractivity contribution < 1.29 is 33.3 Å². The van der Waals surface area contributed by atoms with Gasteiger partial charge in [0.2, 0.25) is 0 Å². The molecule has 0 aromatic heterocycles. The molecule has 0 atom stereocenters. The third kappa shape index (κ3) is 5.73. The van der Waals surface area contributed by atoms with Crippen LogP contribution in [-0.2, 0) is 23.9 Å². The lowest BCUT2D eigenvalue weighted by Gasteiger charge is -2.30. The van der Waals surface area contributed by atoms with Gasteiger partial charge in [-0.15, -0.1) is 0 Å². The van der Waals surface area contributed by atoms with Gasteiger partial charge in [-0.2, -0.15) is 0 Å². The second kappa shape index (κ2) is 9.95. The first-order chi connectivity index (χ1) is 14.1. The van der Waals surface area contributed by atoms with E-state index < -0.39 is 5.97 Å². The zero-order chi connectivity index (χ0) is 20.6. The van der Waals surface area contributed by atoms with Crippen molar-refractivity contribution >= 4 is 23.9 Å². The fourth-order valence-electron chi connectivity index (χ4n) is 3.25. The first-order valence-electron chi connectivity index (χ1n) is 9.67. The average molecular weight is 403 g/mol. The second-order valence-corrected chi connectivity index (χ2v) is 6.88. The van der Waals surface area contributed by atoms with Crippen LogP contribution in [0.15, 0.2) is 24.3 Å². The van der Waals surface area contributed by atoms with Crippen LogP contribution in [0.25, 0.3) is 6.08 Å². The molecule has 0 spiro atoms. The standard InChI is InChI=1S/C21H25NO7/c1-26-21(25)16-7-9-22(10-8-16)19(23)14-29-20(24)6-4-15-3-5-17-18(13-15)28-12-2-11-27-17/h3-6,13,16H,2,7-12,14H2,1H3/b6-4+. The minimum atomic E-state index is -0.602. The number of methoxy groups -OCH3 is 1. The van der Waals surface area contributed by atoms with E-state index in [2.05, 4.69) is 0 Å². The van der Waals surface area contributed by atoms with Crippen LogP contribution >= 0.6 is 0 Å². The fourth-order valence-corrected chi connectivity index (χ4v) is 3.25. The summed E-state index contributed by atoms with van der Waals surface area (Å²) in [7, 11) is 1.36. The van der Waals surface area contributed by atoms with Crippen molar-refractivity contribution in [2.24, 2.45) is 5.92 Å². The number of carbonyl (C=O) groups is 3. The molecule has 156 valence electrons. The van der Waals surface area contributed by atoms with Gasteiger partial charge in [0, 0.05) is 25.6 Å². The third-order valence-electron chi connectivity index (χ3n) is 4.90. The Morgan fingerprint density at radius 2 is 1.86 bits per heavy atom. The number of hydrogen-bond donors (Lipinski definition) is 0. The minimum absolute atomic E-state index is 0.176. The van der Waals surface area contributed by atoms with Gasteiger partial charge in [0.05, 0.1) is 26.2 Å². The highest BCUT2D eigenvalue weighted by Gasteiger charge is 2.28. The summed E-state index contributed by atoms with van der Waals surface area (Å²) in [5.74, 6) is 0.0288. The van der Waals surface area contributed by atoms with Crippen LogP contribution in [-0.4, -0.2) is 62.8 Å². The van der Waals surface area contributed by atoms with Gasteiger partial charge in [-0.3, -0.25) is 9.59 Å². The number of ether oxygens (including phenoxy) is 4. The van der Waals surface area contributed by atoms with Crippen molar-refractivity contribution in [3.63, 3.8) is 0 Å². The highest BCUT2D eigenvalue weighted by molar-refractivity contribution is 5.89. The number of carbonyl (C=O) groups excluding carboxylic acids is 3. The molecule has 1 saturated heterocycles. The Labute approximate surface area is 169 Å². The van der Waals surface area contributed by atoms with Gasteiger partial charge in [-0.25, -0.2) is 4.79 Å². The Kier molecular flexibility index (Phi) is 7.10. The third-order valence-corrected chi connectivity index (χ3v) is 4.90. The van der Waals surface area contributed by atoms with Gasteiger partial charge in [-0.05, 0) is 36.6 Å². The lowest BCUT2D eigenvalue weighted by atomic mass is 9.97. The molecule has 1 amide bonds. The maximum Gasteiger partial charge on any atom is 0.331 e. The monoisotopic (exact) mass is 403 g/mol. The summed E-state index contributed by atoms with van der Waals surface area (Å²) >= 11 is 0. The highest BCUT2D eigenvalue weighted by Crippen LogP contribution is 2.30. The molecular weight excluding hydrogens is 378 g/mol. The number of likely N-dealkylation sites (tertiary alicyclic amines) is 1. The van der Waals surface area contributed by atoms with E-state index in [1.807, 2.05) is 6.07 Å². The van der Waals surface area contributed by atoms with E-state index >= 15 is 0 Å². The van der Waals surface area contributed by atoms with Crippen LogP contribution in [0.5, 0.6) is 11.5 Å². The summed E-state index contributed by atoms with van der Waals surface area (Å²) in [4.78, 5) is 37.2. The molecule has 0 radical (unpaired) electrons. The van der Waals surface area contributed by atoms with E-state index in [1.165, 1.54) is 13.2 Å². The topological polar surface area (TPSA) is 91.4 Å². The maximum absolute atomic E-state index is 12.2. The molecule has 1 aromatic carbocycles. The first-order valence-corrected chi connectivity index (χ1v) is 9.67. The maximum atomic E-state index is 12.2. The van der Waals surface area contributed by atoms with E-state index in [1.54, 1.807) is 23.1 Å². The van der Waals surface area contributed by atoms with Gasteiger partial charge in [0.25, 0.3) is 5.91 Å². The molecule has 3 rings (SSSR count). The van der Waals surface area contributed by atoms with E-state index in [0.717, 1.165) is 12.0 Å². The second-order valence-electron chi connectivity index (χ2n) is 6.88. The van der Waals surface area contributed by atoms with Gasteiger partial charge >= 0.3 is 11.9 Å². The van der Waals surface area contributed by atoms with Gasteiger partial charge in [0.15, 0.2) is 18.1 Å².